The van der Waals surface area contributed by atoms with Crippen LogP contribution in [0.25, 0.3) is 5.65 Å². The SMILES string of the molecule is O=C(CC(c1ccccc1F)c1cnc2ccc(Cl)cn12)NCc1cccnc1. The lowest BCUT2D eigenvalue weighted by atomic mass is 9.92. The highest BCUT2D eigenvalue weighted by atomic mass is 35.5. The van der Waals surface area contributed by atoms with Crippen molar-refractivity contribution in [2.45, 2.75) is 18.9 Å². The van der Waals surface area contributed by atoms with Crippen LogP contribution in [0.3, 0.4) is 0 Å². The molecular weight excluding hydrogens is 391 g/mol. The van der Waals surface area contributed by atoms with Gasteiger partial charge in [0.1, 0.15) is 11.5 Å². The minimum Gasteiger partial charge on any atom is -0.352 e. The number of rotatable bonds is 6. The fourth-order valence-electron chi connectivity index (χ4n) is 3.32. The number of aromatic nitrogens is 3. The molecule has 0 aliphatic carbocycles. The van der Waals surface area contributed by atoms with E-state index in [0.717, 1.165) is 5.56 Å². The predicted octanol–water partition coefficient (Wildman–Crippen LogP) is 4.36. The van der Waals surface area contributed by atoms with Gasteiger partial charge in [-0.25, -0.2) is 9.37 Å². The molecule has 0 bridgehead atoms. The molecule has 0 saturated carbocycles. The fraction of sp³-hybridized carbons (Fsp3) is 0.136. The Labute approximate surface area is 172 Å². The number of carbonyl (C=O) groups is 1. The molecule has 3 heterocycles. The number of pyridine rings is 2. The lowest BCUT2D eigenvalue weighted by Crippen LogP contribution is -2.25. The molecule has 1 N–H and O–H groups in total. The van der Waals surface area contributed by atoms with Crippen LogP contribution in [-0.4, -0.2) is 20.3 Å². The molecule has 0 saturated heterocycles. The van der Waals surface area contributed by atoms with E-state index in [1.807, 2.05) is 12.1 Å². The van der Waals surface area contributed by atoms with Crippen molar-refractivity contribution < 1.29 is 9.18 Å². The van der Waals surface area contributed by atoms with Gasteiger partial charge in [-0.1, -0.05) is 35.9 Å². The summed E-state index contributed by atoms with van der Waals surface area (Å²) in [5, 5.41) is 3.42. The normalized spacial score (nSPS) is 12.1. The molecule has 1 atom stereocenters. The Hall–Kier alpha value is -3.25. The topological polar surface area (TPSA) is 59.3 Å². The second kappa shape index (κ2) is 8.41. The third-order valence-corrected chi connectivity index (χ3v) is 4.96. The van der Waals surface area contributed by atoms with Crippen LogP contribution in [0.1, 0.15) is 29.2 Å². The van der Waals surface area contributed by atoms with Crippen LogP contribution in [0.2, 0.25) is 5.02 Å². The Kier molecular flexibility index (Phi) is 5.53. The van der Waals surface area contributed by atoms with E-state index in [-0.39, 0.29) is 18.1 Å². The second-order valence-corrected chi connectivity index (χ2v) is 7.11. The van der Waals surface area contributed by atoms with Gasteiger partial charge >= 0.3 is 0 Å². The predicted molar refractivity (Wildman–Crippen MR) is 109 cm³/mol. The van der Waals surface area contributed by atoms with E-state index >= 15 is 0 Å². The van der Waals surface area contributed by atoms with Gasteiger partial charge in [0.05, 0.1) is 10.7 Å². The molecule has 1 aromatic carbocycles. The Morgan fingerprint density at radius 3 is 2.79 bits per heavy atom. The molecule has 4 rings (SSSR count). The number of carbonyl (C=O) groups excluding carboxylic acids is 1. The van der Waals surface area contributed by atoms with Gasteiger partial charge < -0.3 is 9.72 Å². The van der Waals surface area contributed by atoms with Crippen molar-refractivity contribution in [1.29, 1.82) is 0 Å². The van der Waals surface area contributed by atoms with Gasteiger partial charge in [-0.15, -0.1) is 0 Å². The van der Waals surface area contributed by atoms with Crippen LogP contribution < -0.4 is 5.32 Å². The molecular formula is C22H18ClFN4O. The highest BCUT2D eigenvalue weighted by Gasteiger charge is 2.24. The summed E-state index contributed by atoms with van der Waals surface area (Å²) in [4.78, 5) is 21.1. The number of nitrogens with zero attached hydrogens (tertiary/aromatic N) is 3. The van der Waals surface area contributed by atoms with Crippen LogP contribution in [-0.2, 0) is 11.3 Å². The van der Waals surface area contributed by atoms with Gasteiger partial charge in [-0.3, -0.25) is 9.78 Å². The smallest absolute Gasteiger partial charge is 0.221 e. The first kappa shape index (κ1) is 19.1. The number of amides is 1. The molecule has 7 heteroatoms. The number of imidazole rings is 1. The zero-order valence-corrected chi connectivity index (χ0v) is 16.2. The van der Waals surface area contributed by atoms with Crippen molar-refractivity contribution in [3.05, 3.63) is 101 Å². The average molecular weight is 409 g/mol. The molecule has 0 fully saturated rings. The van der Waals surface area contributed by atoms with Gasteiger partial charge in [-0.2, -0.15) is 0 Å². The standard InChI is InChI=1S/C22H18ClFN4O/c23-16-7-8-21-26-13-20(28(21)14-16)18(17-5-1-2-6-19(17)24)10-22(29)27-12-15-4-3-9-25-11-15/h1-9,11,13-14,18H,10,12H2,(H,27,29). The quantitative estimate of drug-likeness (QED) is 0.515. The monoisotopic (exact) mass is 408 g/mol. The van der Waals surface area contributed by atoms with Crippen LogP contribution in [0.15, 0.2) is 73.3 Å². The van der Waals surface area contributed by atoms with E-state index in [2.05, 4.69) is 15.3 Å². The Morgan fingerprint density at radius 1 is 1.14 bits per heavy atom. The van der Waals surface area contributed by atoms with E-state index in [9.17, 15) is 9.18 Å². The first-order valence-electron chi connectivity index (χ1n) is 9.14. The maximum atomic E-state index is 14.6. The van der Waals surface area contributed by atoms with Crippen molar-refractivity contribution in [2.24, 2.45) is 0 Å². The molecule has 146 valence electrons. The number of halogens is 2. The van der Waals surface area contributed by atoms with E-state index in [0.29, 0.717) is 28.5 Å². The van der Waals surface area contributed by atoms with Gasteiger partial charge in [0.2, 0.25) is 5.91 Å². The average Bonchev–Trinajstić information content (AvgIpc) is 3.15. The van der Waals surface area contributed by atoms with Crippen molar-refractivity contribution in [3.63, 3.8) is 0 Å². The van der Waals surface area contributed by atoms with Gasteiger partial charge in [0.25, 0.3) is 0 Å². The van der Waals surface area contributed by atoms with Gasteiger partial charge in [0.15, 0.2) is 0 Å². The van der Waals surface area contributed by atoms with Crippen LogP contribution >= 0.6 is 11.6 Å². The summed E-state index contributed by atoms with van der Waals surface area (Å²) in [5.41, 5.74) is 2.71. The highest BCUT2D eigenvalue weighted by molar-refractivity contribution is 6.30. The van der Waals surface area contributed by atoms with Gasteiger partial charge in [-0.05, 0) is 35.4 Å². The molecule has 0 aliphatic rings. The maximum absolute atomic E-state index is 14.6. The maximum Gasteiger partial charge on any atom is 0.221 e. The van der Waals surface area contributed by atoms with Crippen molar-refractivity contribution in [3.8, 4) is 0 Å². The molecule has 29 heavy (non-hydrogen) atoms. The minimum absolute atomic E-state index is 0.0709. The number of hydrogen-bond donors (Lipinski definition) is 1. The summed E-state index contributed by atoms with van der Waals surface area (Å²) in [5.74, 6) is -1.08. The molecule has 4 aromatic rings. The lowest BCUT2D eigenvalue weighted by Gasteiger charge is -2.18. The molecule has 0 aliphatic heterocycles. The Bertz CT molecular complexity index is 1150. The Balaban J connectivity index is 1.65. The summed E-state index contributed by atoms with van der Waals surface area (Å²) >= 11 is 6.14. The van der Waals surface area contributed by atoms with Crippen molar-refractivity contribution >= 4 is 23.2 Å². The van der Waals surface area contributed by atoms with Crippen molar-refractivity contribution in [2.75, 3.05) is 0 Å². The largest absolute Gasteiger partial charge is 0.352 e. The second-order valence-electron chi connectivity index (χ2n) is 6.67. The van der Waals surface area contributed by atoms with Crippen LogP contribution in [0.4, 0.5) is 4.39 Å². The van der Waals surface area contributed by atoms with Crippen LogP contribution in [0.5, 0.6) is 0 Å². The molecule has 1 amide bonds. The summed E-state index contributed by atoms with van der Waals surface area (Å²) in [6, 6.07) is 13.7. The van der Waals surface area contributed by atoms with E-state index < -0.39 is 5.92 Å². The number of nitrogens with one attached hydrogen (secondary N) is 1. The third kappa shape index (κ3) is 4.27. The minimum atomic E-state index is -0.515. The zero-order chi connectivity index (χ0) is 20.2. The number of fused-ring (bicyclic) bond motifs is 1. The summed E-state index contributed by atoms with van der Waals surface area (Å²) < 4.78 is 16.4. The first-order valence-corrected chi connectivity index (χ1v) is 9.52. The third-order valence-electron chi connectivity index (χ3n) is 4.74. The van der Waals surface area contributed by atoms with E-state index in [1.165, 1.54) is 6.07 Å². The molecule has 1 unspecified atom stereocenters. The summed E-state index contributed by atoms with van der Waals surface area (Å²) in [6.45, 7) is 0.357. The summed E-state index contributed by atoms with van der Waals surface area (Å²) in [6.07, 6.45) is 6.83. The molecule has 3 aromatic heterocycles. The fourth-order valence-corrected chi connectivity index (χ4v) is 3.48. The van der Waals surface area contributed by atoms with Gasteiger partial charge in [0, 0.05) is 43.7 Å². The first-order chi connectivity index (χ1) is 14.1. The highest BCUT2D eigenvalue weighted by Crippen LogP contribution is 2.31. The molecule has 0 radical (unpaired) electrons. The van der Waals surface area contributed by atoms with E-state index in [1.54, 1.807) is 59.5 Å². The Morgan fingerprint density at radius 2 is 2.00 bits per heavy atom. The molecule has 0 spiro atoms. The van der Waals surface area contributed by atoms with Crippen LogP contribution in [0, 0.1) is 5.82 Å². The van der Waals surface area contributed by atoms with E-state index in [4.69, 9.17) is 11.6 Å². The number of benzene rings is 1. The molecule has 5 nitrogen and oxygen atoms in total. The summed E-state index contributed by atoms with van der Waals surface area (Å²) in [7, 11) is 0. The lowest BCUT2D eigenvalue weighted by molar-refractivity contribution is -0.121. The van der Waals surface area contributed by atoms with Crippen molar-refractivity contribution in [1.82, 2.24) is 19.7 Å². The number of hydrogen-bond acceptors (Lipinski definition) is 3. The zero-order valence-electron chi connectivity index (χ0n) is 15.4.